The highest BCUT2D eigenvalue weighted by atomic mass is 28.4. The number of fused-ring (bicyclic) bond motifs is 1. The molecule has 0 aliphatic carbocycles. The van der Waals surface area contributed by atoms with E-state index in [0.29, 0.717) is 38.0 Å². The molecule has 2 heterocycles. The van der Waals surface area contributed by atoms with E-state index in [-0.39, 0.29) is 41.9 Å². The molecule has 3 N–H and O–H groups in total. The number of nitrogens with one attached hydrogen (secondary N) is 3. The summed E-state index contributed by atoms with van der Waals surface area (Å²) in [6.45, 7) is 12.6. The summed E-state index contributed by atoms with van der Waals surface area (Å²) in [5, 5.41) is 10.7. The number of hydrogen-bond donors (Lipinski definition) is 3. The number of allylic oxidation sites excluding steroid dienone is 2. The molecule has 59 heavy (non-hydrogen) atoms. The highest BCUT2D eigenvalue weighted by Crippen LogP contribution is 2.37. The van der Waals surface area contributed by atoms with Crippen molar-refractivity contribution in [3.05, 3.63) is 103 Å². The zero-order valence-electron chi connectivity index (χ0n) is 35.7. The third-order valence-corrected chi connectivity index (χ3v) is 16.9. The highest BCUT2D eigenvalue weighted by molar-refractivity contribution is 6.99. The fourth-order valence-corrected chi connectivity index (χ4v) is 12.9. The molecular formula is C47H62N4O7Si. The standard InChI is InChI=1S/C47H62N4O7Si/c1-8-32(2)42-46(56)51-30-18-24-40(51)45(55)48-38(43(53)49-39(44(54)50-42)31-34-26-28-35(57-7)29-27-34)23-16-11-17-25-41(52)33(3)58-59(47(4,5)6,36-19-12-9-13-20-36)37-21-14-10-15-22-37/h9-15,17,19-22,26-29,32-33,38-40,42H,8,16,18,23-25,30-31H2,1-7H3,(H,48,55)(H,49,53)(H,50,54)/t32-,33+,38-,39+,40+,42-/m0/s1. The summed E-state index contributed by atoms with van der Waals surface area (Å²) >= 11 is 0. The molecule has 5 rings (SSSR count). The van der Waals surface area contributed by atoms with Crippen molar-refractivity contribution in [1.82, 2.24) is 20.9 Å². The molecule has 2 aliphatic rings. The van der Waals surface area contributed by atoms with Gasteiger partial charge in [-0.25, -0.2) is 0 Å². The number of carbonyl (C=O) groups excluding carboxylic acids is 5. The number of hydrogen-bond acceptors (Lipinski definition) is 7. The van der Waals surface area contributed by atoms with Crippen LogP contribution in [-0.4, -0.2) is 86.6 Å². The number of nitrogens with zero attached hydrogens (tertiary/aromatic N) is 1. The number of ether oxygens (including phenoxy) is 1. The Kier molecular flexibility index (Phi) is 15.5. The van der Waals surface area contributed by atoms with E-state index >= 15 is 0 Å². The van der Waals surface area contributed by atoms with Gasteiger partial charge in [-0.05, 0) is 71.6 Å². The zero-order valence-corrected chi connectivity index (χ0v) is 36.7. The Morgan fingerprint density at radius 3 is 2.00 bits per heavy atom. The molecular weight excluding hydrogens is 761 g/mol. The number of Topliss-reactive ketones (excluding diaryl/α,β-unsaturated/α-hetero) is 1. The Balaban J connectivity index is 1.32. The Morgan fingerprint density at radius 2 is 1.42 bits per heavy atom. The van der Waals surface area contributed by atoms with E-state index in [4.69, 9.17) is 9.16 Å². The van der Waals surface area contributed by atoms with Gasteiger partial charge in [-0.2, -0.15) is 0 Å². The molecule has 3 aromatic rings. The molecule has 0 unspecified atom stereocenters. The van der Waals surface area contributed by atoms with Gasteiger partial charge in [0.2, 0.25) is 23.6 Å². The van der Waals surface area contributed by atoms with Gasteiger partial charge in [0.25, 0.3) is 8.32 Å². The minimum absolute atomic E-state index is 0.0691. The SMILES string of the molecule is CC[C@H](C)[C@@H]1NC(=O)[C@@H](Cc2ccc(OC)cc2)NC(=O)[C@H](CCC=CCC(=O)[C@@H](C)O[Si](c2ccccc2)(c2ccccc2)C(C)(C)C)NC(=O)[C@H]2CCCN2C1=O. The Morgan fingerprint density at radius 1 is 0.831 bits per heavy atom. The Bertz CT molecular complexity index is 1890. The van der Waals surface area contributed by atoms with Crippen LogP contribution in [0.3, 0.4) is 0 Å². The second kappa shape index (κ2) is 20.3. The second-order valence-corrected chi connectivity index (χ2v) is 21.1. The normalized spacial score (nSPS) is 21.7. The average molecular weight is 823 g/mol. The van der Waals surface area contributed by atoms with Crippen molar-refractivity contribution in [2.75, 3.05) is 13.7 Å². The van der Waals surface area contributed by atoms with Gasteiger partial charge in [0.15, 0.2) is 5.78 Å². The molecule has 0 spiro atoms. The fraction of sp³-hybridized carbons (Fsp3) is 0.468. The van der Waals surface area contributed by atoms with Gasteiger partial charge in [-0.1, -0.05) is 126 Å². The van der Waals surface area contributed by atoms with Gasteiger partial charge < -0.3 is 30.0 Å². The van der Waals surface area contributed by atoms with Crippen molar-refractivity contribution in [3.8, 4) is 5.75 Å². The van der Waals surface area contributed by atoms with Crippen LogP contribution in [0.5, 0.6) is 5.75 Å². The first-order chi connectivity index (χ1) is 28.2. The third-order valence-electron chi connectivity index (χ3n) is 11.8. The van der Waals surface area contributed by atoms with Crippen molar-refractivity contribution in [3.63, 3.8) is 0 Å². The first kappa shape index (κ1) is 45.0. The number of carbonyl (C=O) groups is 5. The number of methoxy groups -OCH3 is 1. The molecule has 0 saturated carbocycles. The average Bonchev–Trinajstić information content (AvgIpc) is 3.74. The summed E-state index contributed by atoms with van der Waals surface area (Å²) in [5.41, 5.74) is 0.783. The number of benzene rings is 3. The molecule has 12 heteroatoms. The summed E-state index contributed by atoms with van der Waals surface area (Å²) in [5.74, 6) is -1.28. The predicted octanol–water partition coefficient (Wildman–Crippen LogP) is 5.00. The third kappa shape index (κ3) is 10.8. The van der Waals surface area contributed by atoms with Crippen LogP contribution in [0.25, 0.3) is 0 Å². The minimum Gasteiger partial charge on any atom is -0.497 e. The maximum atomic E-state index is 14.1. The molecule has 11 nitrogen and oxygen atoms in total. The lowest BCUT2D eigenvalue weighted by Crippen LogP contribution is -2.68. The van der Waals surface area contributed by atoms with Crippen molar-refractivity contribution in [1.29, 1.82) is 0 Å². The molecule has 2 aliphatic heterocycles. The molecule has 316 valence electrons. The minimum atomic E-state index is -2.94. The van der Waals surface area contributed by atoms with Crippen LogP contribution in [0.4, 0.5) is 0 Å². The van der Waals surface area contributed by atoms with E-state index in [0.717, 1.165) is 15.9 Å². The molecule has 2 saturated heterocycles. The second-order valence-electron chi connectivity index (χ2n) is 16.9. The summed E-state index contributed by atoms with van der Waals surface area (Å²) in [7, 11) is -1.37. The smallest absolute Gasteiger partial charge is 0.262 e. The Labute approximate surface area is 350 Å². The van der Waals surface area contributed by atoms with E-state index in [1.807, 2.05) is 75.4 Å². The topological polar surface area (TPSA) is 143 Å². The molecule has 0 aromatic heterocycles. The maximum absolute atomic E-state index is 14.1. The van der Waals surface area contributed by atoms with Gasteiger partial charge in [0.05, 0.1) is 7.11 Å². The maximum Gasteiger partial charge on any atom is 0.262 e. The van der Waals surface area contributed by atoms with E-state index in [9.17, 15) is 24.0 Å². The van der Waals surface area contributed by atoms with Gasteiger partial charge in [-0.3, -0.25) is 24.0 Å². The number of ketones is 1. The highest BCUT2D eigenvalue weighted by Gasteiger charge is 2.51. The summed E-state index contributed by atoms with van der Waals surface area (Å²) in [6.07, 6.45) is 5.54. The van der Waals surface area contributed by atoms with Crippen LogP contribution >= 0.6 is 0 Å². The molecule has 0 radical (unpaired) electrons. The Hall–Kier alpha value is -5.07. The summed E-state index contributed by atoms with van der Waals surface area (Å²) in [6, 6.07) is 24.0. The van der Waals surface area contributed by atoms with E-state index in [1.165, 1.54) is 0 Å². The largest absolute Gasteiger partial charge is 0.497 e. The van der Waals surface area contributed by atoms with Gasteiger partial charge in [0.1, 0.15) is 36.0 Å². The van der Waals surface area contributed by atoms with Crippen molar-refractivity contribution in [2.24, 2.45) is 5.92 Å². The molecule has 2 fully saturated rings. The first-order valence-corrected chi connectivity index (χ1v) is 22.9. The lowest BCUT2D eigenvalue weighted by atomic mass is 9.95. The molecule has 6 atom stereocenters. The van der Waals surface area contributed by atoms with Crippen LogP contribution < -0.4 is 31.1 Å². The lowest BCUT2D eigenvalue weighted by molar-refractivity contribution is -0.144. The van der Waals surface area contributed by atoms with Crippen LogP contribution in [0.15, 0.2) is 97.1 Å². The van der Waals surface area contributed by atoms with Crippen molar-refractivity contribution >= 4 is 48.1 Å². The van der Waals surface area contributed by atoms with Crippen molar-refractivity contribution < 1.29 is 33.1 Å². The number of rotatable bonds is 15. The van der Waals surface area contributed by atoms with Crippen LogP contribution in [0.1, 0.15) is 85.6 Å². The molecule has 3 aromatic carbocycles. The lowest BCUT2D eigenvalue weighted by Gasteiger charge is -2.44. The van der Waals surface area contributed by atoms with E-state index in [1.54, 1.807) is 30.2 Å². The predicted molar refractivity (Wildman–Crippen MR) is 233 cm³/mol. The summed E-state index contributed by atoms with van der Waals surface area (Å²) in [4.78, 5) is 71.2. The summed E-state index contributed by atoms with van der Waals surface area (Å²) < 4.78 is 12.3. The molecule has 0 bridgehead atoms. The van der Waals surface area contributed by atoms with Crippen LogP contribution in [-0.2, 0) is 34.8 Å². The number of amides is 4. The quantitative estimate of drug-likeness (QED) is 0.145. The van der Waals surface area contributed by atoms with E-state index < -0.39 is 56.3 Å². The fourth-order valence-electron chi connectivity index (χ4n) is 8.20. The van der Waals surface area contributed by atoms with Gasteiger partial charge in [0, 0.05) is 19.4 Å². The first-order valence-electron chi connectivity index (χ1n) is 21.0. The van der Waals surface area contributed by atoms with E-state index in [2.05, 4.69) is 61.0 Å². The van der Waals surface area contributed by atoms with Crippen LogP contribution in [0.2, 0.25) is 5.04 Å². The van der Waals surface area contributed by atoms with Crippen LogP contribution in [0, 0.1) is 5.92 Å². The monoisotopic (exact) mass is 822 g/mol. The molecule has 4 amide bonds. The zero-order chi connectivity index (χ0) is 42.7. The van der Waals surface area contributed by atoms with Gasteiger partial charge >= 0.3 is 0 Å². The van der Waals surface area contributed by atoms with Crippen molar-refractivity contribution in [2.45, 2.75) is 122 Å². The van der Waals surface area contributed by atoms with Gasteiger partial charge in [-0.15, -0.1) is 0 Å².